The highest BCUT2D eigenvalue weighted by molar-refractivity contribution is 5.90. The summed E-state index contributed by atoms with van der Waals surface area (Å²) in [5, 5.41) is 5.65. The molecule has 1 saturated heterocycles. The van der Waals surface area contributed by atoms with Crippen LogP contribution in [0.25, 0.3) is 0 Å². The van der Waals surface area contributed by atoms with Gasteiger partial charge in [-0.2, -0.15) is 0 Å². The number of carbonyl (C=O) groups is 2. The minimum absolute atomic E-state index is 0.0155. The van der Waals surface area contributed by atoms with Crippen molar-refractivity contribution in [2.24, 2.45) is 5.73 Å². The van der Waals surface area contributed by atoms with Gasteiger partial charge in [-0.1, -0.05) is 12.1 Å². The normalized spacial score (nSPS) is 16.4. The van der Waals surface area contributed by atoms with Crippen LogP contribution in [0.2, 0.25) is 0 Å². The summed E-state index contributed by atoms with van der Waals surface area (Å²) in [5.74, 6) is -0.215. The van der Waals surface area contributed by atoms with E-state index in [0.29, 0.717) is 13.0 Å². The third-order valence-electron chi connectivity index (χ3n) is 3.85. The molecular weight excluding hydrogens is 308 g/mol. The van der Waals surface area contributed by atoms with E-state index in [2.05, 4.69) is 15.5 Å². The molecule has 1 heterocycles. The van der Waals surface area contributed by atoms with Crippen molar-refractivity contribution in [3.63, 3.8) is 0 Å². The number of amides is 2. The first-order valence-corrected chi connectivity index (χ1v) is 8.27. The van der Waals surface area contributed by atoms with E-state index >= 15 is 0 Å². The summed E-state index contributed by atoms with van der Waals surface area (Å²) >= 11 is 0. The molecule has 1 aromatic rings. The topological polar surface area (TPSA) is 96.7 Å². The first-order chi connectivity index (χ1) is 11.5. The molecule has 2 rings (SSSR count). The minimum atomic E-state index is -0.534. The van der Waals surface area contributed by atoms with E-state index in [4.69, 9.17) is 10.5 Å². The van der Waals surface area contributed by atoms with Gasteiger partial charge >= 0.3 is 0 Å². The third-order valence-corrected chi connectivity index (χ3v) is 3.85. The number of anilines is 1. The van der Waals surface area contributed by atoms with Gasteiger partial charge in [0.15, 0.2) is 0 Å². The molecule has 4 N–H and O–H groups in total. The van der Waals surface area contributed by atoms with E-state index < -0.39 is 6.04 Å². The molecule has 0 aromatic heterocycles. The third kappa shape index (κ3) is 6.27. The zero-order valence-electron chi connectivity index (χ0n) is 14.1. The molecule has 1 aliphatic rings. The molecule has 2 amide bonds. The average Bonchev–Trinajstić information content (AvgIpc) is 2.59. The average molecular weight is 334 g/mol. The number of carbonyl (C=O) groups excluding carboxylic acids is 2. The predicted molar refractivity (Wildman–Crippen MR) is 92.4 cm³/mol. The van der Waals surface area contributed by atoms with Gasteiger partial charge in [0.2, 0.25) is 11.8 Å². The zero-order valence-corrected chi connectivity index (χ0v) is 14.1. The molecule has 0 aliphatic carbocycles. The van der Waals surface area contributed by atoms with Crippen LogP contribution in [0.5, 0.6) is 0 Å². The Bertz CT molecular complexity index is 557. The molecule has 7 nitrogen and oxygen atoms in total. The van der Waals surface area contributed by atoms with Gasteiger partial charge in [-0.05, 0) is 24.6 Å². The second-order valence-electron chi connectivity index (χ2n) is 5.96. The van der Waals surface area contributed by atoms with Crippen LogP contribution in [0.1, 0.15) is 18.9 Å². The Kier molecular flexibility index (Phi) is 7.17. The SMILES string of the molecule is CC(N)C(=O)NCc1cccc(NC(=O)CCN2CCOCC2)c1. The van der Waals surface area contributed by atoms with Gasteiger partial charge < -0.3 is 21.1 Å². The second-order valence-corrected chi connectivity index (χ2v) is 5.96. The molecule has 132 valence electrons. The van der Waals surface area contributed by atoms with Gasteiger partial charge in [-0.15, -0.1) is 0 Å². The lowest BCUT2D eigenvalue weighted by atomic mass is 10.2. The number of hydrogen-bond donors (Lipinski definition) is 3. The van der Waals surface area contributed by atoms with E-state index in [1.54, 1.807) is 6.92 Å². The Labute approximate surface area is 142 Å². The summed E-state index contributed by atoms with van der Waals surface area (Å²) in [7, 11) is 0. The number of hydrogen-bond acceptors (Lipinski definition) is 5. The van der Waals surface area contributed by atoms with Crippen molar-refractivity contribution < 1.29 is 14.3 Å². The van der Waals surface area contributed by atoms with Gasteiger partial charge in [0, 0.05) is 38.3 Å². The molecule has 0 saturated carbocycles. The Morgan fingerprint density at radius 1 is 1.33 bits per heavy atom. The quantitative estimate of drug-likeness (QED) is 0.667. The van der Waals surface area contributed by atoms with Crippen LogP contribution < -0.4 is 16.4 Å². The van der Waals surface area contributed by atoms with E-state index in [-0.39, 0.29) is 11.8 Å². The van der Waals surface area contributed by atoms with Gasteiger partial charge in [0.05, 0.1) is 19.3 Å². The molecular formula is C17H26N4O3. The van der Waals surface area contributed by atoms with Crippen molar-refractivity contribution in [3.05, 3.63) is 29.8 Å². The first-order valence-electron chi connectivity index (χ1n) is 8.27. The van der Waals surface area contributed by atoms with Gasteiger partial charge in [0.1, 0.15) is 0 Å². The highest BCUT2D eigenvalue weighted by Crippen LogP contribution is 2.11. The molecule has 1 aromatic carbocycles. The number of nitrogens with zero attached hydrogens (tertiary/aromatic N) is 1. The fraction of sp³-hybridized carbons (Fsp3) is 0.529. The molecule has 1 aliphatic heterocycles. The lowest BCUT2D eigenvalue weighted by Gasteiger charge is -2.26. The number of morpholine rings is 1. The number of ether oxygens (including phenoxy) is 1. The van der Waals surface area contributed by atoms with Crippen molar-refractivity contribution in [1.29, 1.82) is 0 Å². The lowest BCUT2D eigenvalue weighted by Crippen LogP contribution is -2.38. The highest BCUT2D eigenvalue weighted by atomic mass is 16.5. The Hall–Kier alpha value is -1.96. The fourth-order valence-electron chi connectivity index (χ4n) is 2.42. The van der Waals surface area contributed by atoms with Crippen molar-refractivity contribution >= 4 is 17.5 Å². The lowest BCUT2D eigenvalue weighted by molar-refractivity contribution is -0.122. The molecule has 1 atom stereocenters. The summed E-state index contributed by atoms with van der Waals surface area (Å²) in [5.41, 5.74) is 7.15. The molecule has 1 unspecified atom stereocenters. The van der Waals surface area contributed by atoms with E-state index in [1.807, 2.05) is 24.3 Å². The zero-order chi connectivity index (χ0) is 17.4. The van der Waals surface area contributed by atoms with Crippen molar-refractivity contribution in [3.8, 4) is 0 Å². The van der Waals surface area contributed by atoms with Crippen LogP contribution in [0, 0.1) is 0 Å². The van der Waals surface area contributed by atoms with E-state index in [0.717, 1.165) is 44.1 Å². The summed E-state index contributed by atoms with van der Waals surface area (Å²) in [6.07, 6.45) is 0.450. The van der Waals surface area contributed by atoms with Crippen LogP contribution in [0.4, 0.5) is 5.69 Å². The van der Waals surface area contributed by atoms with Crippen LogP contribution in [-0.4, -0.2) is 55.6 Å². The molecule has 7 heteroatoms. The molecule has 1 fully saturated rings. The maximum Gasteiger partial charge on any atom is 0.236 e. The molecule has 0 bridgehead atoms. The molecule has 24 heavy (non-hydrogen) atoms. The standard InChI is InChI=1S/C17H26N4O3/c1-13(18)17(23)19-12-14-3-2-4-15(11-14)20-16(22)5-6-21-7-9-24-10-8-21/h2-4,11,13H,5-10,12,18H2,1H3,(H,19,23)(H,20,22). The van der Waals surface area contributed by atoms with Crippen molar-refractivity contribution in [1.82, 2.24) is 10.2 Å². The monoisotopic (exact) mass is 334 g/mol. The molecule has 0 radical (unpaired) electrons. The van der Waals surface area contributed by atoms with E-state index in [1.165, 1.54) is 0 Å². The minimum Gasteiger partial charge on any atom is -0.379 e. The van der Waals surface area contributed by atoms with Crippen molar-refractivity contribution in [2.45, 2.75) is 25.9 Å². The Balaban J connectivity index is 1.78. The number of rotatable bonds is 7. The summed E-state index contributed by atoms with van der Waals surface area (Å²) in [6.45, 7) is 5.98. The van der Waals surface area contributed by atoms with Crippen LogP contribution >= 0.6 is 0 Å². The first kappa shape index (κ1) is 18.4. The van der Waals surface area contributed by atoms with Gasteiger partial charge in [-0.25, -0.2) is 0 Å². The number of nitrogens with one attached hydrogen (secondary N) is 2. The molecule has 0 spiro atoms. The highest BCUT2D eigenvalue weighted by Gasteiger charge is 2.12. The maximum absolute atomic E-state index is 12.1. The largest absolute Gasteiger partial charge is 0.379 e. The Morgan fingerprint density at radius 2 is 2.08 bits per heavy atom. The summed E-state index contributed by atoms with van der Waals surface area (Å²) in [4.78, 5) is 25.8. The van der Waals surface area contributed by atoms with Crippen LogP contribution in [0.3, 0.4) is 0 Å². The van der Waals surface area contributed by atoms with Gasteiger partial charge in [0.25, 0.3) is 0 Å². The van der Waals surface area contributed by atoms with Crippen molar-refractivity contribution in [2.75, 3.05) is 38.2 Å². The van der Waals surface area contributed by atoms with E-state index in [9.17, 15) is 9.59 Å². The van der Waals surface area contributed by atoms with Gasteiger partial charge in [-0.3, -0.25) is 14.5 Å². The maximum atomic E-state index is 12.1. The van der Waals surface area contributed by atoms with Crippen LogP contribution in [-0.2, 0) is 20.9 Å². The fourth-order valence-corrected chi connectivity index (χ4v) is 2.42. The predicted octanol–water partition coefficient (Wildman–Crippen LogP) is 0.311. The van der Waals surface area contributed by atoms with Crippen LogP contribution in [0.15, 0.2) is 24.3 Å². The summed E-state index contributed by atoms with van der Waals surface area (Å²) < 4.78 is 5.29. The number of benzene rings is 1. The number of nitrogens with two attached hydrogens (primary N) is 1. The summed E-state index contributed by atoms with van der Waals surface area (Å²) in [6, 6.07) is 6.90. The second kappa shape index (κ2) is 9.36. The Morgan fingerprint density at radius 3 is 2.79 bits per heavy atom. The smallest absolute Gasteiger partial charge is 0.236 e.